The lowest BCUT2D eigenvalue weighted by Gasteiger charge is -2.07. The van der Waals surface area contributed by atoms with Crippen molar-refractivity contribution in [2.24, 2.45) is 7.05 Å². The van der Waals surface area contributed by atoms with E-state index in [4.69, 9.17) is 5.11 Å². The first-order valence-corrected chi connectivity index (χ1v) is 5.47. The van der Waals surface area contributed by atoms with Crippen molar-refractivity contribution in [1.82, 2.24) is 9.13 Å². The van der Waals surface area contributed by atoms with Gasteiger partial charge in [-0.05, 0) is 26.2 Å². The Morgan fingerprint density at radius 2 is 2.06 bits per heavy atom. The Hall–Kier alpha value is -1.36. The van der Waals surface area contributed by atoms with E-state index in [1.54, 1.807) is 14.0 Å². The summed E-state index contributed by atoms with van der Waals surface area (Å²) in [6.45, 7) is 2.15. The van der Waals surface area contributed by atoms with Crippen molar-refractivity contribution in [2.45, 2.75) is 38.8 Å². The van der Waals surface area contributed by atoms with Crippen LogP contribution < -0.4 is 11.2 Å². The van der Waals surface area contributed by atoms with E-state index in [2.05, 4.69) is 0 Å². The van der Waals surface area contributed by atoms with Gasteiger partial charge in [-0.1, -0.05) is 0 Å². The van der Waals surface area contributed by atoms with Gasteiger partial charge >= 0.3 is 5.69 Å². The average molecular weight is 226 g/mol. The van der Waals surface area contributed by atoms with Crippen LogP contribution in [0.3, 0.4) is 0 Å². The summed E-state index contributed by atoms with van der Waals surface area (Å²) in [6.07, 6.45) is 3.38. The fourth-order valence-electron chi connectivity index (χ4n) is 1.53. The van der Waals surface area contributed by atoms with Crippen LogP contribution in [-0.2, 0) is 13.6 Å². The van der Waals surface area contributed by atoms with Crippen LogP contribution in [0.1, 0.15) is 26.2 Å². The molecule has 1 atom stereocenters. The summed E-state index contributed by atoms with van der Waals surface area (Å²) in [6, 6.07) is 1.38. The molecule has 0 spiro atoms. The third-order valence-electron chi connectivity index (χ3n) is 2.49. The number of hydrogen-bond acceptors (Lipinski definition) is 3. The Kier molecular flexibility index (Phi) is 4.49. The van der Waals surface area contributed by atoms with Crippen LogP contribution in [0.15, 0.2) is 21.9 Å². The molecule has 1 rings (SSSR count). The Morgan fingerprint density at radius 1 is 1.38 bits per heavy atom. The summed E-state index contributed by atoms with van der Waals surface area (Å²) in [5.74, 6) is 0. The molecule has 1 unspecified atom stereocenters. The molecule has 1 heterocycles. The lowest BCUT2D eigenvalue weighted by Crippen LogP contribution is -2.37. The molecule has 0 bridgehead atoms. The van der Waals surface area contributed by atoms with Crippen molar-refractivity contribution in [3.05, 3.63) is 33.1 Å². The first kappa shape index (κ1) is 12.7. The highest BCUT2D eigenvalue weighted by Gasteiger charge is 2.02. The summed E-state index contributed by atoms with van der Waals surface area (Å²) in [5.41, 5.74) is -0.551. The Balaban J connectivity index is 2.64. The molecule has 0 aliphatic carbocycles. The zero-order valence-corrected chi connectivity index (χ0v) is 9.72. The number of nitrogens with zero attached hydrogens (tertiary/aromatic N) is 2. The predicted octanol–water partition coefficient (Wildman–Crippen LogP) is 0.0981. The second kappa shape index (κ2) is 5.65. The topological polar surface area (TPSA) is 64.2 Å². The fourth-order valence-corrected chi connectivity index (χ4v) is 1.53. The molecule has 1 aromatic rings. The molecule has 0 fully saturated rings. The van der Waals surface area contributed by atoms with Crippen molar-refractivity contribution < 1.29 is 5.11 Å². The molecule has 0 radical (unpaired) electrons. The van der Waals surface area contributed by atoms with Gasteiger partial charge in [0, 0.05) is 25.9 Å². The molecule has 0 aromatic carbocycles. The van der Waals surface area contributed by atoms with Gasteiger partial charge in [0.25, 0.3) is 5.56 Å². The fraction of sp³-hybridized carbons (Fsp3) is 0.636. The third kappa shape index (κ3) is 3.34. The number of rotatable bonds is 5. The maximum atomic E-state index is 11.6. The summed E-state index contributed by atoms with van der Waals surface area (Å²) in [4.78, 5) is 23.0. The molecule has 5 nitrogen and oxygen atoms in total. The van der Waals surface area contributed by atoms with Crippen molar-refractivity contribution in [3.63, 3.8) is 0 Å². The van der Waals surface area contributed by atoms with Gasteiger partial charge in [0.2, 0.25) is 0 Å². The van der Waals surface area contributed by atoms with Gasteiger partial charge in [0.1, 0.15) is 0 Å². The van der Waals surface area contributed by atoms with Crippen LogP contribution in [0.2, 0.25) is 0 Å². The summed E-state index contributed by atoms with van der Waals surface area (Å²) < 4.78 is 2.61. The van der Waals surface area contributed by atoms with E-state index in [-0.39, 0.29) is 17.4 Å². The maximum Gasteiger partial charge on any atom is 0.330 e. The van der Waals surface area contributed by atoms with E-state index < -0.39 is 0 Å². The standard InChI is InChI=1S/C11H18N2O3/c1-9(14)5-3-4-7-13-10(15)6-8-12(2)11(13)16/h6,8-9,14H,3-5,7H2,1-2H3. The average Bonchev–Trinajstić information content (AvgIpc) is 2.22. The molecule has 16 heavy (non-hydrogen) atoms. The molecule has 0 aliphatic heterocycles. The van der Waals surface area contributed by atoms with E-state index in [0.29, 0.717) is 13.0 Å². The van der Waals surface area contributed by atoms with Crippen LogP contribution in [-0.4, -0.2) is 20.3 Å². The second-order valence-electron chi connectivity index (χ2n) is 4.04. The summed E-state index contributed by atoms with van der Waals surface area (Å²) in [7, 11) is 1.62. The third-order valence-corrected chi connectivity index (χ3v) is 2.49. The van der Waals surface area contributed by atoms with Crippen LogP contribution in [0.5, 0.6) is 0 Å². The minimum Gasteiger partial charge on any atom is -0.393 e. The molecule has 0 saturated carbocycles. The monoisotopic (exact) mass is 226 g/mol. The van der Waals surface area contributed by atoms with E-state index >= 15 is 0 Å². The summed E-state index contributed by atoms with van der Waals surface area (Å²) >= 11 is 0. The number of aliphatic hydroxyl groups is 1. The van der Waals surface area contributed by atoms with Crippen molar-refractivity contribution >= 4 is 0 Å². The first-order chi connectivity index (χ1) is 7.52. The highest BCUT2D eigenvalue weighted by atomic mass is 16.3. The van der Waals surface area contributed by atoms with Crippen LogP contribution in [0, 0.1) is 0 Å². The minimum absolute atomic E-state index is 0.264. The lowest BCUT2D eigenvalue weighted by molar-refractivity contribution is 0.180. The molecule has 1 N–H and O–H groups in total. The van der Waals surface area contributed by atoms with E-state index in [0.717, 1.165) is 12.8 Å². The molecule has 90 valence electrons. The minimum atomic E-state index is -0.324. The second-order valence-corrected chi connectivity index (χ2v) is 4.04. The molecule has 1 aromatic heterocycles. The van der Waals surface area contributed by atoms with E-state index in [9.17, 15) is 9.59 Å². The lowest BCUT2D eigenvalue weighted by atomic mass is 10.2. The smallest absolute Gasteiger partial charge is 0.330 e. The molecular weight excluding hydrogens is 208 g/mol. The maximum absolute atomic E-state index is 11.6. The van der Waals surface area contributed by atoms with Crippen LogP contribution >= 0.6 is 0 Å². The molecule has 0 aliphatic rings. The van der Waals surface area contributed by atoms with E-state index in [1.165, 1.54) is 21.4 Å². The van der Waals surface area contributed by atoms with Gasteiger partial charge in [-0.3, -0.25) is 9.36 Å². The largest absolute Gasteiger partial charge is 0.393 e. The predicted molar refractivity (Wildman–Crippen MR) is 61.5 cm³/mol. The number of aryl methyl sites for hydroxylation is 1. The van der Waals surface area contributed by atoms with Gasteiger partial charge in [0.05, 0.1) is 6.10 Å². The zero-order valence-electron chi connectivity index (χ0n) is 9.72. The highest BCUT2D eigenvalue weighted by molar-refractivity contribution is 4.85. The highest BCUT2D eigenvalue weighted by Crippen LogP contribution is 2.00. The molecule has 0 saturated heterocycles. The van der Waals surface area contributed by atoms with Crippen molar-refractivity contribution in [1.29, 1.82) is 0 Å². The Bertz CT molecular complexity index is 445. The quantitative estimate of drug-likeness (QED) is 0.724. The SMILES string of the molecule is CC(O)CCCCn1c(=O)ccn(C)c1=O. The van der Waals surface area contributed by atoms with Crippen LogP contribution in [0.4, 0.5) is 0 Å². The van der Waals surface area contributed by atoms with Crippen molar-refractivity contribution in [3.8, 4) is 0 Å². The number of aliphatic hydroxyl groups excluding tert-OH is 1. The first-order valence-electron chi connectivity index (χ1n) is 5.47. The van der Waals surface area contributed by atoms with Crippen LogP contribution in [0.25, 0.3) is 0 Å². The zero-order chi connectivity index (χ0) is 12.1. The number of aromatic nitrogens is 2. The van der Waals surface area contributed by atoms with Gasteiger partial charge in [0.15, 0.2) is 0 Å². The van der Waals surface area contributed by atoms with Gasteiger partial charge < -0.3 is 9.67 Å². The van der Waals surface area contributed by atoms with Gasteiger partial charge in [-0.2, -0.15) is 0 Å². The Labute approximate surface area is 94.0 Å². The number of unbranched alkanes of at least 4 members (excludes halogenated alkanes) is 1. The van der Waals surface area contributed by atoms with Crippen molar-refractivity contribution in [2.75, 3.05) is 0 Å². The number of hydrogen-bond donors (Lipinski definition) is 1. The molecular formula is C11H18N2O3. The molecule has 0 amide bonds. The normalized spacial score (nSPS) is 12.7. The summed E-state index contributed by atoms with van der Waals surface area (Å²) in [5, 5.41) is 9.07. The van der Waals surface area contributed by atoms with E-state index in [1.807, 2.05) is 0 Å². The Morgan fingerprint density at radius 3 is 2.69 bits per heavy atom. The molecule has 5 heteroatoms. The van der Waals surface area contributed by atoms with Gasteiger partial charge in [-0.25, -0.2) is 4.79 Å². The van der Waals surface area contributed by atoms with Gasteiger partial charge in [-0.15, -0.1) is 0 Å².